The molecule has 0 N–H and O–H groups in total. The van der Waals surface area contributed by atoms with Gasteiger partial charge in [0.05, 0.1) is 6.54 Å². The highest BCUT2D eigenvalue weighted by Gasteiger charge is 2.06. The highest BCUT2D eigenvalue weighted by molar-refractivity contribution is 5.83. The average molecular weight is 237 g/mol. The molecule has 0 fully saturated rings. The van der Waals surface area contributed by atoms with Crippen molar-refractivity contribution in [2.24, 2.45) is 0 Å². The summed E-state index contributed by atoms with van der Waals surface area (Å²) in [7, 11) is 0. The van der Waals surface area contributed by atoms with Gasteiger partial charge in [0, 0.05) is 13.1 Å². The van der Waals surface area contributed by atoms with Gasteiger partial charge in [0.15, 0.2) is 0 Å². The predicted octanol–water partition coefficient (Wildman–Crippen LogP) is 3.49. The van der Waals surface area contributed by atoms with E-state index < -0.39 is 0 Å². The lowest BCUT2D eigenvalue weighted by molar-refractivity contribution is -0.126. The molecule has 2 aromatic rings. The van der Waals surface area contributed by atoms with Gasteiger partial charge in [-0.05, 0) is 22.4 Å². The van der Waals surface area contributed by atoms with Gasteiger partial charge >= 0.3 is 0 Å². The van der Waals surface area contributed by atoms with Crippen molar-refractivity contribution in [3.8, 4) is 0 Å². The van der Waals surface area contributed by atoms with Crippen LogP contribution >= 0.6 is 0 Å². The highest BCUT2D eigenvalue weighted by atomic mass is 16.2. The Hall–Kier alpha value is -2.31. The lowest BCUT2D eigenvalue weighted by Gasteiger charge is -2.15. The maximum atomic E-state index is 11.4. The van der Waals surface area contributed by atoms with Crippen molar-refractivity contribution < 1.29 is 4.79 Å². The Morgan fingerprint density at radius 1 is 1.28 bits per heavy atom. The molecule has 0 unspecified atom stereocenters. The first-order chi connectivity index (χ1) is 8.70. The van der Waals surface area contributed by atoms with Gasteiger partial charge in [0.2, 0.25) is 5.91 Å². The van der Waals surface area contributed by atoms with E-state index in [1.54, 1.807) is 11.1 Å². The van der Waals surface area contributed by atoms with Crippen LogP contribution in [-0.4, -0.2) is 10.8 Å². The molecule has 0 saturated carbocycles. The van der Waals surface area contributed by atoms with E-state index in [0.29, 0.717) is 6.54 Å². The van der Waals surface area contributed by atoms with Crippen LogP contribution in [0, 0.1) is 0 Å². The van der Waals surface area contributed by atoms with E-state index in [4.69, 9.17) is 0 Å². The lowest BCUT2D eigenvalue weighted by Crippen LogP contribution is -2.21. The summed E-state index contributed by atoms with van der Waals surface area (Å²) in [5.74, 6) is -0.0145. The summed E-state index contributed by atoms with van der Waals surface area (Å²) < 4.78 is 0. The first-order valence-electron chi connectivity index (χ1n) is 5.81. The van der Waals surface area contributed by atoms with Gasteiger partial charge in [-0.3, -0.25) is 4.79 Å². The van der Waals surface area contributed by atoms with Crippen LogP contribution in [0.3, 0.4) is 0 Å². The monoisotopic (exact) mass is 237 g/mol. The topological polar surface area (TPSA) is 20.3 Å². The molecular formula is C16H15NO. The summed E-state index contributed by atoms with van der Waals surface area (Å²) in [6.07, 6.45) is 1.58. The van der Waals surface area contributed by atoms with Crippen molar-refractivity contribution >= 4 is 16.7 Å². The fourth-order valence-corrected chi connectivity index (χ4v) is 1.89. The summed E-state index contributed by atoms with van der Waals surface area (Å²) in [5.41, 5.74) is 3.73. The van der Waals surface area contributed by atoms with Crippen LogP contribution in [0.15, 0.2) is 61.0 Å². The highest BCUT2D eigenvalue weighted by Crippen LogP contribution is 2.16. The number of benzene rings is 2. The molecule has 90 valence electrons. The molecule has 2 rings (SSSR count). The zero-order valence-electron chi connectivity index (χ0n) is 10.4. The number of amides is 1. The molecule has 0 spiro atoms. The van der Waals surface area contributed by atoms with Crippen molar-refractivity contribution in [2.45, 2.75) is 13.5 Å². The number of rotatable bonds is 3. The zero-order chi connectivity index (χ0) is 13.0. The molecule has 1 amide bonds. The summed E-state index contributed by atoms with van der Waals surface area (Å²) in [6, 6.07) is 14.4. The Morgan fingerprint density at radius 2 is 2.00 bits per heavy atom. The second-order valence-electron chi connectivity index (χ2n) is 4.16. The second kappa shape index (κ2) is 5.35. The van der Waals surface area contributed by atoms with Gasteiger partial charge in [0.1, 0.15) is 0 Å². The van der Waals surface area contributed by atoms with Gasteiger partial charge in [-0.2, -0.15) is 0 Å². The molecular weight excluding hydrogens is 222 g/mol. The molecule has 0 aliphatic heterocycles. The molecule has 0 aliphatic carbocycles. The molecule has 2 nitrogen and oxygen atoms in total. The third-order valence-corrected chi connectivity index (χ3v) is 2.82. The fraction of sp³-hybridized carbons (Fsp3) is 0.125. The molecule has 0 saturated heterocycles. The van der Waals surface area contributed by atoms with Crippen LogP contribution in [0.1, 0.15) is 12.5 Å². The van der Waals surface area contributed by atoms with E-state index in [1.165, 1.54) is 17.7 Å². The quantitative estimate of drug-likeness (QED) is 0.748. The normalized spacial score (nSPS) is 9.83. The number of hydrogen-bond acceptors (Lipinski definition) is 1. The van der Waals surface area contributed by atoms with Crippen LogP contribution < -0.4 is 0 Å². The Morgan fingerprint density at radius 3 is 2.67 bits per heavy atom. The summed E-state index contributed by atoms with van der Waals surface area (Å²) >= 11 is 0. The summed E-state index contributed by atoms with van der Waals surface area (Å²) in [5, 5.41) is 2.39. The Bertz CT molecular complexity index is 622. The zero-order valence-corrected chi connectivity index (χ0v) is 10.4. The number of carbonyl (C=O) groups excluding carboxylic acids is 1. The van der Waals surface area contributed by atoms with E-state index in [-0.39, 0.29) is 5.91 Å². The standard InChI is InChI=1S/C16H15NO/c1-3-10-17(13(2)18)12-14-8-9-15-6-4-5-7-16(15)11-14/h4-11H,1,12H2,2H3. The van der Waals surface area contributed by atoms with Gasteiger partial charge in [-0.15, -0.1) is 5.73 Å². The second-order valence-corrected chi connectivity index (χ2v) is 4.16. The van der Waals surface area contributed by atoms with Crippen molar-refractivity contribution in [3.63, 3.8) is 0 Å². The molecule has 0 bridgehead atoms. The van der Waals surface area contributed by atoms with Crippen molar-refractivity contribution in [3.05, 3.63) is 66.5 Å². The Balaban J connectivity index is 2.31. The molecule has 2 aromatic carbocycles. The SMILES string of the molecule is C=C=CN(Cc1ccc2ccccc2c1)C(C)=O. The summed E-state index contributed by atoms with van der Waals surface area (Å²) in [4.78, 5) is 13.0. The first-order valence-corrected chi connectivity index (χ1v) is 5.81. The molecule has 0 heterocycles. The van der Waals surface area contributed by atoms with Gasteiger partial charge in [0.25, 0.3) is 0 Å². The smallest absolute Gasteiger partial charge is 0.224 e. The number of fused-ring (bicyclic) bond motifs is 1. The van der Waals surface area contributed by atoms with Crippen LogP contribution in [0.2, 0.25) is 0 Å². The molecule has 0 aliphatic rings. The van der Waals surface area contributed by atoms with Crippen molar-refractivity contribution in [1.29, 1.82) is 0 Å². The average Bonchev–Trinajstić information content (AvgIpc) is 2.38. The maximum Gasteiger partial charge on any atom is 0.224 e. The van der Waals surface area contributed by atoms with E-state index in [1.807, 2.05) is 18.2 Å². The third-order valence-electron chi connectivity index (χ3n) is 2.82. The summed E-state index contributed by atoms with van der Waals surface area (Å²) in [6.45, 7) is 5.58. The van der Waals surface area contributed by atoms with Crippen molar-refractivity contribution in [2.75, 3.05) is 0 Å². The van der Waals surface area contributed by atoms with E-state index in [0.717, 1.165) is 5.56 Å². The number of hydrogen-bond donors (Lipinski definition) is 0. The molecule has 0 radical (unpaired) electrons. The van der Waals surface area contributed by atoms with E-state index in [9.17, 15) is 4.79 Å². The third kappa shape index (κ3) is 2.68. The minimum absolute atomic E-state index is 0.0145. The number of nitrogens with zero attached hydrogens (tertiary/aromatic N) is 1. The van der Waals surface area contributed by atoms with Crippen LogP contribution in [0.5, 0.6) is 0 Å². The van der Waals surface area contributed by atoms with E-state index in [2.05, 4.69) is 36.6 Å². The van der Waals surface area contributed by atoms with Gasteiger partial charge in [-0.1, -0.05) is 43.0 Å². The molecule has 0 aromatic heterocycles. The van der Waals surface area contributed by atoms with Crippen LogP contribution in [0.25, 0.3) is 10.8 Å². The maximum absolute atomic E-state index is 11.4. The Labute approximate surface area is 107 Å². The van der Waals surface area contributed by atoms with Gasteiger partial charge in [-0.25, -0.2) is 0 Å². The lowest BCUT2D eigenvalue weighted by atomic mass is 10.1. The van der Waals surface area contributed by atoms with E-state index >= 15 is 0 Å². The molecule has 2 heteroatoms. The molecule has 0 atom stereocenters. The predicted molar refractivity (Wildman–Crippen MR) is 73.9 cm³/mol. The van der Waals surface area contributed by atoms with Crippen LogP contribution in [0.4, 0.5) is 0 Å². The fourth-order valence-electron chi connectivity index (χ4n) is 1.89. The first kappa shape index (κ1) is 12.2. The minimum Gasteiger partial charge on any atom is -0.308 e. The van der Waals surface area contributed by atoms with Gasteiger partial charge < -0.3 is 4.90 Å². The number of carbonyl (C=O) groups is 1. The largest absolute Gasteiger partial charge is 0.308 e. The van der Waals surface area contributed by atoms with Crippen molar-refractivity contribution in [1.82, 2.24) is 4.90 Å². The minimum atomic E-state index is -0.0145. The van der Waals surface area contributed by atoms with Crippen LogP contribution in [-0.2, 0) is 11.3 Å². The molecule has 18 heavy (non-hydrogen) atoms. The Kier molecular flexibility index (Phi) is 3.61.